The lowest BCUT2D eigenvalue weighted by Gasteiger charge is -2.14. The van der Waals surface area contributed by atoms with Crippen molar-refractivity contribution in [3.05, 3.63) is 83.4 Å². The van der Waals surface area contributed by atoms with Gasteiger partial charge in [0.15, 0.2) is 0 Å². The zero-order valence-corrected chi connectivity index (χ0v) is 20.3. The fourth-order valence-electron chi connectivity index (χ4n) is 4.39. The van der Waals surface area contributed by atoms with Gasteiger partial charge in [0.1, 0.15) is 12.3 Å². The van der Waals surface area contributed by atoms with Gasteiger partial charge in [0.2, 0.25) is 0 Å². The summed E-state index contributed by atoms with van der Waals surface area (Å²) in [4.78, 5) is 5.85. The SMILES string of the molecule is CCCCC(CC)CCCCCO/N=C(\c1ccc(CO)cc1)c1cccc2ccccc12. The largest absolute Gasteiger partial charge is 0.395 e. The average Bonchev–Trinajstić information content (AvgIpc) is 2.87. The summed E-state index contributed by atoms with van der Waals surface area (Å²) in [7, 11) is 0. The van der Waals surface area contributed by atoms with Crippen molar-refractivity contribution >= 4 is 16.5 Å². The second-order valence-corrected chi connectivity index (χ2v) is 8.92. The van der Waals surface area contributed by atoms with Crippen molar-refractivity contribution in [2.75, 3.05) is 6.61 Å². The number of fused-ring (bicyclic) bond motifs is 1. The minimum absolute atomic E-state index is 0.0366. The van der Waals surface area contributed by atoms with Crippen LogP contribution in [0.5, 0.6) is 0 Å². The minimum Gasteiger partial charge on any atom is -0.395 e. The quantitative estimate of drug-likeness (QED) is 0.156. The van der Waals surface area contributed by atoms with Crippen LogP contribution in [0.25, 0.3) is 10.8 Å². The highest BCUT2D eigenvalue weighted by Gasteiger charge is 2.12. The lowest BCUT2D eigenvalue weighted by Crippen LogP contribution is -2.06. The summed E-state index contributed by atoms with van der Waals surface area (Å²) >= 11 is 0. The molecule has 0 saturated heterocycles. The topological polar surface area (TPSA) is 41.8 Å². The molecular formula is C30H39NO2. The van der Waals surface area contributed by atoms with Gasteiger partial charge in [0.05, 0.1) is 6.61 Å². The Morgan fingerprint density at radius 1 is 0.848 bits per heavy atom. The van der Waals surface area contributed by atoms with E-state index in [1.54, 1.807) is 0 Å². The van der Waals surface area contributed by atoms with Crippen LogP contribution in [0.3, 0.4) is 0 Å². The molecule has 0 heterocycles. The molecule has 1 unspecified atom stereocenters. The molecular weight excluding hydrogens is 406 g/mol. The van der Waals surface area contributed by atoms with E-state index in [4.69, 9.17) is 4.84 Å². The standard InChI is InChI=1S/C30H39NO2/c1-3-5-12-24(4-2)13-7-6-10-22-33-31-30(27-20-18-25(23-32)19-21-27)29-17-11-15-26-14-8-9-16-28(26)29/h8-9,11,14-21,24,32H,3-7,10,12-13,22-23H2,1-2H3/b31-30+. The van der Waals surface area contributed by atoms with Crippen molar-refractivity contribution < 1.29 is 9.94 Å². The van der Waals surface area contributed by atoms with Crippen LogP contribution in [-0.4, -0.2) is 17.4 Å². The summed E-state index contributed by atoms with van der Waals surface area (Å²) < 4.78 is 0. The number of nitrogens with zero attached hydrogens (tertiary/aromatic N) is 1. The molecule has 1 atom stereocenters. The molecule has 3 heteroatoms. The Labute approximate surface area is 199 Å². The van der Waals surface area contributed by atoms with Crippen molar-refractivity contribution in [2.45, 2.75) is 71.8 Å². The van der Waals surface area contributed by atoms with Gasteiger partial charge in [-0.05, 0) is 35.1 Å². The number of oxime groups is 1. The summed E-state index contributed by atoms with van der Waals surface area (Å²) in [5.74, 6) is 0.878. The maximum Gasteiger partial charge on any atom is 0.117 e. The van der Waals surface area contributed by atoms with Crippen LogP contribution < -0.4 is 0 Å². The Hall–Kier alpha value is -2.65. The molecule has 0 aromatic heterocycles. The highest BCUT2D eigenvalue weighted by molar-refractivity contribution is 6.19. The number of hydrogen-bond acceptors (Lipinski definition) is 3. The van der Waals surface area contributed by atoms with Gasteiger partial charge in [0.25, 0.3) is 0 Å². The van der Waals surface area contributed by atoms with Crippen molar-refractivity contribution in [3.8, 4) is 0 Å². The van der Waals surface area contributed by atoms with E-state index in [0.29, 0.717) is 6.61 Å². The van der Waals surface area contributed by atoms with E-state index >= 15 is 0 Å². The molecule has 0 aliphatic rings. The molecule has 3 aromatic rings. The summed E-state index contributed by atoms with van der Waals surface area (Å²) in [5.41, 5.74) is 3.78. The number of unbranched alkanes of at least 4 members (excludes halogenated alkanes) is 3. The molecule has 0 bridgehead atoms. The van der Waals surface area contributed by atoms with E-state index in [1.807, 2.05) is 24.3 Å². The molecule has 0 radical (unpaired) electrons. The van der Waals surface area contributed by atoms with Crippen molar-refractivity contribution in [2.24, 2.45) is 11.1 Å². The third-order valence-corrected chi connectivity index (χ3v) is 6.50. The molecule has 0 aliphatic heterocycles. The fraction of sp³-hybridized carbons (Fsp3) is 0.433. The molecule has 0 saturated carbocycles. The van der Waals surface area contributed by atoms with E-state index in [0.717, 1.165) is 40.1 Å². The van der Waals surface area contributed by atoms with Gasteiger partial charge in [-0.15, -0.1) is 0 Å². The van der Waals surface area contributed by atoms with E-state index in [2.05, 4.69) is 61.5 Å². The second-order valence-electron chi connectivity index (χ2n) is 8.92. The normalized spacial score (nSPS) is 12.8. The second kappa shape index (κ2) is 13.8. The molecule has 3 aromatic carbocycles. The smallest absolute Gasteiger partial charge is 0.117 e. The first kappa shape index (κ1) is 25.0. The molecule has 0 spiro atoms. The predicted octanol–water partition coefficient (Wildman–Crippen LogP) is 7.88. The van der Waals surface area contributed by atoms with Crippen LogP contribution in [0.1, 0.15) is 81.9 Å². The first-order valence-electron chi connectivity index (χ1n) is 12.6. The molecule has 0 fully saturated rings. The van der Waals surface area contributed by atoms with Crippen molar-refractivity contribution in [1.82, 2.24) is 0 Å². The van der Waals surface area contributed by atoms with E-state index in [9.17, 15) is 5.11 Å². The van der Waals surface area contributed by atoms with E-state index in [1.165, 1.54) is 50.3 Å². The van der Waals surface area contributed by atoms with Crippen molar-refractivity contribution in [3.63, 3.8) is 0 Å². The number of hydrogen-bond donors (Lipinski definition) is 1. The third-order valence-electron chi connectivity index (χ3n) is 6.50. The number of aliphatic hydroxyl groups is 1. The molecule has 3 nitrogen and oxygen atoms in total. The molecule has 0 aliphatic carbocycles. The molecule has 33 heavy (non-hydrogen) atoms. The zero-order chi connectivity index (χ0) is 23.3. The lowest BCUT2D eigenvalue weighted by atomic mass is 9.93. The van der Waals surface area contributed by atoms with Crippen LogP contribution in [0.15, 0.2) is 71.9 Å². The minimum atomic E-state index is 0.0366. The fourth-order valence-corrected chi connectivity index (χ4v) is 4.39. The Kier molecular flexibility index (Phi) is 10.4. The Bertz CT molecular complexity index is 988. The average molecular weight is 446 g/mol. The Morgan fingerprint density at radius 3 is 2.36 bits per heavy atom. The number of rotatable bonds is 14. The van der Waals surface area contributed by atoms with E-state index < -0.39 is 0 Å². The van der Waals surface area contributed by atoms with Gasteiger partial charge in [-0.2, -0.15) is 0 Å². The van der Waals surface area contributed by atoms with Gasteiger partial charge in [-0.25, -0.2) is 0 Å². The maximum atomic E-state index is 9.41. The first-order valence-corrected chi connectivity index (χ1v) is 12.6. The van der Waals surface area contributed by atoms with Gasteiger partial charge < -0.3 is 9.94 Å². The number of aliphatic hydroxyl groups excluding tert-OH is 1. The van der Waals surface area contributed by atoms with Crippen LogP contribution >= 0.6 is 0 Å². The monoisotopic (exact) mass is 445 g/mol. The highest BCUT2D eigenvalue weighted by atomic mass is 16.6. The first-order chi connectivity index (χ1) is 16.3. The predicted molar refractivity (Wildman–Crippen MR) is 140 cm³/mol. The van der Waals surface area contributed by atoms with Crippen molar-refractivity contribution in [1.29, 1.82) is 0 Å². The summed E-state index contributed by atoms with van der Waals surface area (Å²) in [5, 5.41) is 16.4. The van der Waals surface area contributed by atoms with Crippen LogP contribution in [0.4, 0.5) is 0 Å². The maximum absolute atomic E-state index is 9.41. The van der Waals surface area contributed by atoms with Gasteiger partial charge in [0, 0.05) is 11.1 Å². The highest BCUT2D eigenvalue weighted by Crippen LogP contribution is 2.23. The van der Waals surface area contributed by atoms with Crippen LogP contribution in [0.2, 0.25) is 0 Å². The van der Waals surface area contributed by atoms with Crippen LogP contribution in [0, 0.1) is 5.92 Å². The Morgan fingerprint density at radius 2 is 1.61 bits per heavy atom. The van der Waals surface area contributed by atoms with E-state index in [-0.39, 0.29) is 6.61 Å². The Balaban J connectivity index is 1.66. The lowest BCUT2D eigenvalue weighted by molar-refractivity contribution is 0.139. The summed E-state index contributed by atoms with van der Waals surface area (Å²) in [6.07, 6.45) is 10.1. The zero-order valence-electron chi connectivity index (χ0n) is 20.3. The van der Waals surface area contributed by atoms with Gasteiger partial charge in [-0.3, -0.25) is 0 Å². The molecule has 0 amide bonds. The summed E-state index contributed by atoms with van der Waals surface area (Å²) in [6.45, 7) is 5.27. The number of benzene rings is 3. The molecule has 176 valence electrons. The van der Waals surface area contributed by atoms with Crippen LogP contribution in [-0.2, 0) is 11.4 Å². The summed E-state index contributed by atoms with van der Waals surface area (Å²) in [6, 6.07) is 22.6. The van der Waals surface area contributed by atoms with Gasteiger partial charge in [-0.1, -0.05) is 124 Å². The molecule has 3 rings (SSSR count). The van der Waals surface area contributed by atoms with Gasteiger partial charge >= 0.3 is 0 Å². The third kappa shape index (κ3) is 7.43. The molecule has 1 N–H and O–H groups in total.